The number of benzene rings is 2. The number of aromatic amines is 1. The Morgan fingerprint density at radius 1 is 1.12 bits per heavy atom. The number of sulfonamides is 1. The average molecular weight is 475 g/mol. The average Bonchev–Trinajstić information content (AvgIpc) is 3.16. The molecule has 10 nitrogen and oxygen atoms in total. The third-order valence-corrected chi connectivity index (χ3v) is 7.45. The second-order valence-corrected chi connectivity index (χ2v) is 9.71. The number of nitrogens with zero attached hydrogens (tertiary/aromatic N) is 3. The maximum Gasteiger partial charge on any atom is 0.286 e. The fourth-order valence-electron chi connectivity index (χ4n) is 4.04. The Morgan fingerprint density at radius 2 is 1.88 bits per heavy atom. The van der Waals surface area contributed by atoms with Gasteiger partial charge in [-0.25, -0.2) is 8.42 Å². The smallest absolute Gasteiger partial charge is 0.286 e. The van der Waals surface area contributed by atoms with E-state index in [-0.39, 0.29) is 16.9 Å². The molecular formula is C22H26N4O6S. The Kier molecular flexibility index (Phi) is 6.07. The van der Waals surface area contributed by atoms with Gasteiger partial charge in [-0.05, 0) is 24.1 Å². The molecule has 33 heavy (non-hydrogen) atoms. The van der Waals surface area contributed by atoms with Crippen LogP contribution in [-0.2, 0) is 16.6 Å². The number of ether oxygens (including phenoxy) is 3. The first kappa shape index (κ1) is 22.7. The molecule has 0 unspecified atom stereocenters. The van der Waals surface area contributed by atoms with Crippen molar-refractivity contribution >= 4 is 32.6 Å². The number of aromatic nitrogens is 2. The first-order valence-corrected chi connectivity index (χ1v) is 11.9. The Bertz CT molecular complexity index is 1350. The fourth-order valence-corrected chi connectivity index (χ4v) is 5.59. The van der Waals surface area contributed by atoms with Crippen molar-refractivity contribution in [3.05, 3.63) is 46.2 Å². The van der Waals surface area contributed by atoms with E-state index < -0.39 is 15.6 Å². The van der Waals surface area contributed by atoms with Crippen LogP contribution >= 0.6 is 0 Å². The minimum absolute atomic E-state index is 0.164. The van der Waals surface area contributed by atoms with E-state index in [1.807, 2.05) is 18.2 Å². The predicted molar refractivity (Wildman–Crippen MR) is 126 cm³/mol. The standard InChI is InChI=1S/C22H26N4O6S/c1-25(13-14-7-5-8-15(11-14)26-9-6-10-33(26,28)29)22-23-16-12-17(30-2)19(31-3)20(32-4)18(16)21(27)24-22/h5,7-8,11-12H,6,9-10,13H2,1-4H3,(H,23,24,27). The van der Waals surface area contributed by atoms with Gasteiger partial charge in [-0.3, -0.25) is 9.10 Å². The van der Waals surface area contributed by atoms with Crippen molar-refractivity contribution in [2.45, 2.75) is 13.0 Å². The summed E-state index contributed by atoms with van der Waals surface area (Å²) in [5, 5.41) is 0.258. The highest BCUT2D eigenvalue weighted by molar-refractivity contribution is 7.93. The van der Waals surface area contributed by atoms with Crippen molar-refractivity contribution in [1.29, 1.82) is 0 Å². The molecule has 1 aliphatic heterocycles. The van der Waals surface area contributed by atoms with Crippen molar-refractivity contribution in [2.75, 3.05) is 49.9 Å². The molecule has 0 amide bonds. The van der Waals surface area contributed by atoms with Crippen molar-refractivity contribution in [1.82, 2.24) is 9.97 Å². The predicted octanol–water partition coefficient (Wildman–Crippen LogP) is 2.13. The molecule has 176 valence electrons. The lowest BCUT2D eigenvalue weighted by molar-refractivity contribution is 0.327. The van der Waals surface area contributed by atoms with Gasteiger partial charge in [-0.15, -0.1) is 0 Å². The summed E-state index contributed by atoms with van der Waals surface area (Å²) in [5.74, 6) is 1.48. The molecule has 0 bridgehead atoms. The first-order valence-electron chi connectivity index (χ1n) is 10.3. The van der Waals surface area contributed by atoms with Crippen LogP contribution in [0.3, 0.4) is 0 Å². The molecule has 3 aromatic rings. The monoisotopic (exact) mass is 474 g/mol. The minimum Gasteiger partial charge on any atom is -0.493 e. The van der Waals surface area contributed by atoms with E-state index in [0.717, 1.165) is 5.56 Å². The number of methoxy groups -OCH3 is 3. The number of rotatable bonds is 7. The van der Waals surface area contributed by atoms with Gasteiger partial charge >= 0.3 is 0 Å². The molecule has 1 fully saturated rings. The topological polar surface area (TPSA) is 114 Å². The second kappa shape index (κ2) is 8.81. The Hall–Kier alpha value is -3.47. The number of hydrogen-bond donors (Lipinski definition) is 1. The molecule has 2 aromatic carbocycles. The zero-order valence-corrected chi connectivity index (χ0v) is 19.7. The third kappa shape index (κ3) is 4.15. The van der Waals surface area contributed by atoms with Crippen LogP contribution in [-0.4, -0.2) is 59.1 Å². The molecule has 1 aliphatic rings. The number of hydrogen-bond acceptors (Lipinski definition) is 8. The van der Waals surface area contributed by atoms with Crippen LogP contribution in [0, 0.1) is 0 Å². The van der Waals surface area contributed by atoms with E-state index >= 15 is 0 Å². The van der Waals surface area contributed by atoms with Crippen LogP contribution in [0.15, 0.2) is 35.1 Å². The summed E-state index contributed by atoms with van der Waals surface area (Å²) < 4.78 is 42.1. The molecule has 0 radical (unpaired) electrons. The van der Waals surface area contributed by atoms with Gasteiger partial charge in [-0.1, -0.05) is 12.1 Å². The van der Waals surface area contributed by atoms with E-state index in [4.69, 9.17) is 14.2 Å². The van der Waals surface area contributed by atoms with Gasteiger partial charge in [0.2, 0.25) is 21.7 Å². The highest BCUT2D eigenvalue weighted by atomic mass is 32.2. The van der Waals surface area contributed by atoms with Gasteiger partial charge in [0.05, 0.1) is 38.3 Å². The zero-order valence-electron chi connectivity index (χ0n) is 18.9. The Morgan fingerprint density at radius 3 is 2.52 bits per heavy atom. The van der Waals surface area contributed by atoms with Gasteiger partial charge in [-0.2, -0.15) is 4.98 Å². The number of H-pyrrole nitrogens is 1. The largest absolute Gasteiger partial charge is 0.493 e. The van der Waals surface area contributed by atoms with Crippen LogP contribution in [0.5, 0.6) is 17.2 Å². The van der Waals surface area contributed by atoms with Crippen LogP contribution in [0.2, 0.25) is 0 Å². The Labute approximate surface area is 191 Å². The van der Waals surface area contributed by atoms with Crippen molar-refractivity contribution in [2.24, 2.45) is 0 Å². The summed E-state index contributed by atoms with van der Waals surface area (Å²) in [5.41, 5.74) is 1.54. The SMILES string of the molecule is COc1cc2[nH]c(N(C)Cc3cccc(N4CCCS4(=O)=O)c3)nc(=O)c2c(OC)c1OC. The molecule has 0 aliphatic carbocycles. The molecule has 0 atom stereocenters. The molecule has 2 heterocycles. The highest BCUT2D eigenvalue weighted by Crippen LogP contribution is 2.41. The third-order valence-electron chi connectivity index (χ3n) is 5.58. The van der Waals surface area contributed by atoms with Gasteiger partial charge < -0.3 is 24.1 Å². The number of fused-ring (bicyclic) bond motifs is 1. The summed E-state index contributed by atoms with van der Waals surface area (Å²) in [6.45, 7) is 0.884. The lowest BCUT2D eigenvalue weighted by Gasteiger charge is -2.21. The van der Waals surface area contributed by atoms with Gasteiger partial charge in [0.1, 0.15) is 5.39 Å². The molecule has 1 aromatic heterocycles. The van der Waals surface area contributed by atoms with E-state index in [2.05, 4.69) is 9.97 Å². The van der Waals surface area contributed by atoms with Crippen molar-refractivity contribution in [3.63, 3.8) is 0 Å². The Balaban J connectivity index is 1.69. The van der Waals surface area contributed by atoms with E-state index in [9.17, 15) is 13.2 Å². The normalized spacial score (nSPS) is 15.0. The summed E-state index contributed by atoms with van der Waals surface area (Å²) in [7, 11) is 2.95. The molecule has 1 saturated heterocycles. The number of anilines is 2. The molecule has 1 N–H and O–H groups in total. The summed E-state index contributed by atoms with van der Waals surface area (Å²) in [6.07, 6.45) is 0.617. The van der Waals surface area contributed by atoms with E-state index in [1.165, 1.54) is 25.6 Å². The lowest BCUT2D eigenvalue weighted by atomic mass is 10.2. The van der Waals surface area contributed by atoms with Crippen molar-refractivity contribution < 1.29 is 22.6 Å². The van der Waals surface area contributed by atoms with Crippen LogP contribution in [0.4, 0.5) is 11.6 Å². The van der Waals surface area contributed by atoms with Gasteiger partial charge in [0, 0.05) is 26.2 Å². The summed E-state index contributed by atoms with van der Waals surface area (Å²) in [4.78, 5) is 22.0. The first-order chi connectivity index (χ1) is 15.8. The molecular weight excluding hydrogens is 448 g/mol. The van der Waals surface area contributed by atoms with Gasteiger partial charge in [0.25, 0.3) is 5.56 Å². The molecule has 0 saturated carbocycles. The highest BCUT2D eigenvalue weighted by Gasteiger charge is 2.28. The maximum absolute atomic E-state index is 12.9. The van der Waals surface area contributed by atoms with Crippen LogP contribution in [0.1, 0.15) is 12.0 Å². The van der Waals surface area contributed by atoms with Gasteiger partial charge in [0.15, 0.2) is 11.5 Å². The molecule has 0 spiro atoms. The number of nitrogens with one attached hydrogen (secondary N) is 1. The van der Waals surface area contributed by atoms with E-state index in [1.54, 1.807) is 24.1 Å². The van der Waals surface area contributed by atoms with Crippen LogP contribution < -0.4 is 29.0 Å². The zero-order chi connectivity index (χ0) is 23.8. The lowest BCUT2D eigenvalue weighted by Crippen LogP contribution is -2.26. The molecule has 11 heteroatoms. The van der Waals surface area contributed by atoms with Crippen LogP contribution in [0.25, 0.3) is 10.9 Å². The summed E-state index contributed by atoms with van der Waals surface area (Å²) in [6, 6.07) is 9.02. The minimum atomic E-state index is -3.26. The second-order valence-electron chi connectivity index (χ2n) is 7.70. The fraction of sp³-hybridized carbons (Fsp3) is 0.364. The quantitative estimate of drug-likeness (QED) is 0.554. The van der Waals surface area contributed by atoms with E-state index in [0.29, 0.717) is 48.2 Å². The molecule has 4 rings (SSSR count). The van der Waals surface area contributed by atoms with Crippen molar-refractivity contribution in [3.8, 4) is 17.2 Å². The maximum atomic E-state index is 12.9. The summed E-state index contributed by atoms with van der Waals surface area (Å²) >= 11 is 0.